The van der Waals surface area contributed by atoms with Crippen LogP contribution >= 0.6 is 22.9 Å². The number of hydrogen-bond acceptors (Lipinski definition) is 4. The van der Waals surface area contributed by atoms with Crippen molar-refractivity contribution < 1.29 is 13.2 Å². The molecule has 0 aliphatic carbocycles. The fourth-order valence-electron chi connectivity index (χ4n) is 3.60. The molecule has 2 aromatic rings. The number of thiophene rings is 1. The normalized spacial score (nSPS) is 18.2. The Morgan fingerprint density at radius 3 is 2.71 bits per heavy atom. The van der Waals surface area contributed by atoms with Crippen LogP contribution < -0.4 is 5.32 Å². The monoisotopic (exact) mass is 440 g/mol. The van der Waals surface area contributed by atoms with Gasteiger partial charge in [-0.2, -0.15) is 4.31 Å². The number of piperidine rings is 1. The lowest BCUT2D eigenvalue weighted by atomic mass is 9.97. The smallest absolute Gasteiger partial charge is 0.252 e. The Morgan fingerprint density at radius 1 is 1.29 bits per heavy atom. The van der Waals surface area contributed by atoms with Gasteiger partial charge in [0, 0.05) is 23.8 Å². The molecular weight excluding hydrogens is 416 g/mol. The molecule has 1 amide bonds. The summed E-state index contributed by atoms with van der Waals surface area (Å²) in [4.78, 5) is 13.0. The molecule has 0 saturated carbocycles. The second-order valence-electron chi connectivity index (χ2n) is 6.89. The third kappa shape index (κ3) is 4.27. The molecule has 1 unspecified atom stereocenters. The number of benzene rings is 1. The van der Waals surface area contributed by atoms with E-state index in [0.717, 1.165) is 23.2 Å². The van der Waals surface area contributed by atoms with E-state index in [-0.39, 0.29) is 18.4 Å². The molecule has 1 saturated heterocycles. The summed E-state index contributed by atoms with van der Waals surface area (Å²) >= 11 is 7.53. The molecule has 5 nitrogen and oxygen atoms in total. The number of halogens is 1. The number of sulfonamides is 1. The molecule has 3 rings (SSSR count). The quantitative estimate of drug-likeness (QED) is 0.715. The Labute approximate surface area is 175 Å². The summed E-state index contributed by atoms with van der Waals surface area (Å²) in [5, 5.41) is 5.44. The van der Waals surface area contributed by atoms with Crippen LogP contribution in [-0.4, -0.2) is 31.7 Å². The molecule has 2 heterocycles. The average molecular weight is 441 g/mol. The number of nitrogens with zero attached hydrogens (tertiary/aromatic N) is 1. The zero-order valence-electron chi connectivity index (χ0n) is 16.1. The van der Waals surface area contributed by atoms with E-state index >= 15 is 0 Å². The number of rotatable bonds is 6. The second-order valence-corrected chi connectivity index (χ2v) is 10.4. The minimum absolute atomic E-state index is 0.141. The van der Waals surface area contributed by atoms with Crippen molar-refractivity contribution in [1.29, 1.82) is 0 Å². The van der Waals surface area contributed by atoms with E-state index in [1.807, 2.05) is 26.0 Å². The third-order valence-electron chi connectivity index (χ3n) is 5.17. The molecule has 1 fully saturated rings. The highest BCUT2D eigenvalue weighted by Crippen LogP contribution is 2.31. The van der Waals surface area contributed by atoms with Crippen LogP contribution in [0.15, 0.2) is 33.9 Å². The first kappa shape index (κ1) is 21.3. The van der Waals surface area contributed by atoms with Crippen molar-refractivity contribution in [3.8, 4) is 0 Å². The van der Waals surface area contributed by atoms with Crippen molar-refractivity contribution in [2.24, 2.45) is 5.92 Å². The van der Waals surface area contributed by atoms with E-state index < -0.39 is 10.0 Å². The number of nitrogens with one attached hydrogen (secondary N) is 1. The summed E-state index contributed by atoms with van der Waals surface area (Å²) in [7, 11) is -3.54. The van der Waals surface area contributed by atoms with Gasteiger partial charge in [-0.05, 0) is 54.3 Å². The first-order valence-electron chi connectivity index (χ1n) is 9.53. The van der Waals surface area contributed by atoms with E-state index in [4.69, 9.17) is 11.6 Å². The van der Waals surface area contributed by atoms with Gasteiger partial charge >= 0.3 is 0 Å². The van der Waals surface area contributed by atoms with Crippen molar-refractivity contribution in [2.75, 3.05) is 18.4 Å². The molecular formula is C20H25ClN2O3S2. The summed E-state index contributed by atoms with van der Waals surface area (Å²) in [5.41, 5.74) is 2.74. The van der Waals surface area contributed by atoms with Crippen LogP contribution in [0.5, 0.6) is 0 Å². The van der Waals surface area contributed by atoms with Crippen LogP contribution in [0.25, 0.3) is 0 Å². The van der Waals surface area contributed by atoms with Crippen molar-refractivity contribution in [3.63, 3.8) is 0 Å². The van der Waals surface area contributed by atoms with E-state index in [2.05, 4.69) is 5.32 Å². The highest BCUT2D eigenvalue weighted by Gasteiger charge is 2.34. The molecule has 8 heteroatoms. The number of anilines is 1. The van der Waals surface area contributed by atoms with E-state index in [1.165, 1.54) is 15.6 Å². The summed E-state index contributed by atoms with van der Waals surface area (Å²) in [6, 6.07) is 7.14. The Bertz CT molecular complexity index is 943. The molecule has 0 radical (unpaired) electrons. The summed E-state index contributed by atoms with van der Waals surface area (Å²) in [6.45, 7) is 4.69. The standard InChI is InChI=1S/C20H25ClN2O3S2/c1-3-14-9-10-17(21)16(4-2)19(14)22-20(24)15-7-5-11-23(13-15)28(25,26)18-8-6-12-27-18/h6,8-10,12,15H,3-5,7,11,13H2,1-2H3,(H,22,24). The van der Waals surface area contributed by atoms with Crippen molar-refractivity contribution in [1.82, 2.24) is 4.31 Å². The van der Waals surface area contributed by atoms with Crippen LogP contribution in [0.4, 0.5) is 5.69 Å². The zero-order chi connectivity index (χ0) is 20.3. The Morgan fingerprint density at radius 2 is 2.07 bits per heavy atom. The number of hydrogen-bond donors (Lipinski definition) is 1. The number of carbonyl (C=O) groups is 1. The maximum atomic E-state index is 13.0. The van der Waals surface area contributed by atoms with Gasteiger partial charge in [0.05, 0.1) is 5.92 Å². The zero-order valence-corrected chi connectivity index (χ0v) is 18.5. The van der Waals surface area contributed by atoms with Gasteiger partial charge in [0.2, 0.25) is 5.91 Å². The summed E-state index contributed by atoms with van der Waals surface area (Å²) in [5.74, 6) is -0.519. The Hall–Kier alpha value is -1.41. The average Bonchev–Trinajstić information content (AvgIpc) is 3.24. The van der Waals surface area contributed by atoms with Gasteiger partial charge in [0.25, 0.3) is 10.0 Å². The molecule has 1 N–H and O–H groups in total. The highest BCUT2D eigenvalue weighted by atomic mass is 35.5. The molecule has 0 spiro atoms. The Balaban J connectivity index is 1.80. The van der Waals surface area contributed by atoms with Gasteiger partial charge in [-0.1, -0.05) is 37.6 Å². The predicted octanol–water partition coefficient (Wildman–Crippen LogP) is 4.57. The van der Waals surface area contributed by atoms with Crippen LogP contribution in [0.3, 0.4) is 0 Å². The fraction of sp³-hybridized carbons (Fsp3) is 0.450. The van der Waals surface area contributed by atoms with Crippen molar-refractivity contribution >= 4 is 44.6 Å². The second kappa shape index (κ2) is 8.95. The third-order valence-corrected chi connectivity index (χ3v) is 8.76. The summed E-state index contributed by atoms with van der Waals surface area (Å²) in [6.07, 6.45) is 2.83. The molecule has 1 aliphatic rings. The minimum Gasteiger partial charge on any atom is -0.325 e. The Kier molecular flexibility index (Phi) is 6.81. The van der Waals surface area contributed by atoms with E-state index in [1.54, 1.807) is 17.5 Å². The minimum atomic E-state index is -3.54. The molecule has 0 bridgehead atoms. The molecule has 1 aromatic heterocycles. The first-order chi connectivity index (χ1) is 13.4. The van der Waals surface area contributed by atoms with Gasteiger partial charge in [0.1, 0.15) is 4.21 Å². The highest BCUT2D eigenvalue weighted by molar-refractivity contribution is 7.91. The van der Waals surface area contributed by atoms with Crippen molar-refractivity contribution in [3.05, 3.63) is 45.8 Å². The topological polar surface area (TPSA) is 66.5 Å². The van der Waals surface area contributed by atoms with Crippen LogP contribution in [0.2, 0.25) is 5.02 Å². The molecule has 1 aliphatic heterocycles. The predicted molar refractivity (Wildman–Crippen MR) is 115 cm³/mol. The van der Waals surface area contributed by atoms with Crippen molar-refractivity contribution in [2.45, 2.75) is 43.7 Å². The maximum absolute atomic E-state index is 13.0. The van der Waals surface area contributed by atoms with Gasteiger partial charge in [-0.15, -0.1) is 11.3 Å². The number of carbonyl (C=O) groups excluding carboxylic acids is 1. The lowest BCUT2D eigenvalue weighted by Gasteiger charge is -2.31. The van der Waals surface area contributed by atoms with Crippen LogP contribution in [0, 0.1) is 5.92 Å². The van der Waals surface area contributed by atoms with Gasteiger partial charge in [-0.3, -0.25) is 4.79 Å². The van der Waals surface area contributed by atoms with Gasteiger partial charge < -0.3 is 5.32 Å². The lowest BCUT2D eigenvalue weighted by molar-refractivity contribution is -0.120. The molecule has 1 aromatic carbocycles. The van der Waals surface area contributed by atoms with Crippen LogP contribution in [-0.2, 0) is 27.7 Å². The molecule has 1 atom stereocenters. The molecule has 28 heavy (non-hydrogen) atoms. The fourth-order valence-corrected chi connectivity index (χ4v) is 6.56. The van der Waals surface area contributed by atoms with E-state index in [9.17, 15) is 13.2 Å². The maximum Gasteiger partial charge on any atom is 0.252 e. The lowest BCUT2D eigenvalue weighted by Crippen LogP contribution is -2.43. The van der Waals surface area contributed by atoms with Gasteiger partial charge in [-0.25, -0.2) is 8.42 Å². The van der Waals surface area contributed by atoms with E-state index in [0.29, 0.717) is 35.0 Å². The molecule has 152 valence electrons. The first-order valence-corrected chi connectivity index (χ1v) is 12.2. The summed E-state index contributed by atoms with van der Waals surface area (Å²) < 4.78 is 27.4. The number of amides is 1. The SMILES string of the molecule is CCc1ccc(Cl)c(CC)c1NC(=O)C1CCCN(S(=O)(=O)c2cccs2)C1. The largest absolute Gasteiger partial charge is 0.325 e. The van der Waals surface area contributed by atoms with Crippen LogP contribution in [0.1, 0.15) is 37.8 Å². The number of aryl methyl sites for hydroxylation is 1. The van der Waals surface area contributed by atoms with Gasteiger partial charge in [0.15, 0.2) is 0 Å².